The molecule has 1 heterocycles. The van der Waals surface area contributed by atoms with E-state index >= 15 is 0 Å². The molecule has 1 aromatic rings. The Morgan fingerprint density at radius 2 is 1.85 bits per heavy atom. The molecule has 0 N–H and O–H groups in total. The second kappa shape index (κ2) is 6.05. The van der Waals surface area contributed by atoms with Crippen molar-refractivity contribution in [2.75, 3.05) is 13.1 Å². The van der Waals surface area contributed by atoms with Gasteiger partial charge in [-0.2, -0.15) is 13.2 Å². The smallest absolute Gasteiger partial charge is 0.339 e. The number of benzene rings is 1. The van der Waals surface area contributed by atoms with Crippen LogP contribution in [0.1, 0.15) is 28.8 Å². The first-order valence-electron chi connectivity index (χ1n) is 6.09. The minimum Gasteiger partial charge on any atom is -0.339 e. The van der Waals surface area contributed by atoms with Crippen LogP contribution < -0.4 is 0 Å². The molecule has 2 nitrogen and oxygen atoms in total. The molecule has 20 heavy (non-hydrogen) atoms. The number of alkyl halides is 4. The third kappa shape index (κ3) is 3.55. The third-order valence-corrected chi connectivity index (χ3v) is 4.64. The van der Waals surface area contributed by atoms with E-state index in [1.54, 1.807) is 0 Å². The molecular weight excluding hydrogens is 403 g/mol. The van der Waals surface area contributed by atoms with E-state index in [0.29, 0.717) is 22.4 Å². The number of amides is 1. The van der Waals surface area contributed by atoms with Gasteiger partial charge in [0, 0.05) is 22.4 Å². The van der Waals surface area contributed by atoms with Gasteiger partial charge >= 0.3 is 6.18 Å². The lowest BCUT2D eigenvalue weighted by Crippen LogP contribution is -2.39. The lowest BCUT2D eigenvalue weighted by molar-refractivity contribution is -0.138. The summed E-state index contributed by atoms with van der Waals surface area (Å²) in [5.41, 5.74) is -1.17. The van der Waals surface area contributed by atoms with Crippen LogP contribution in [-0.2, 0) is 6.18 Å². The minimum atomic E-state index is -4.54. The maximum atomic E-state index is 13.0. The summed E-state index contributed by atoms with van der Waals surface area (Å²) in [6, 6.07) is 3.64. The van der Waals surface area contributed by atoms with Crippen molar-refractivity contribution in [3.05, 3.63) is 33.8 Å². The van der Waals surface area contributed by atoms with Crippen LogP contribution in [0, 0.1) is 0 Å². The van der Waals surface area contributed by atoms with Crippen molar-refractivity contribution in [3.8, 4) is 0 Å². The van der Waals surface area contributed by atoms with Crippen molar-refractivity contribution in [2.24, 2.45) is 0 Å². The number of likely N-dealkylation sites (tertiary alicyclic amines) is 1. The van der Waals surface area contributed by atoms with Crippen LogP contribution in [0.5, 0.6) is 0 Å². The van der Waals surface area contributed by atoms with Gasteiger partial charge in [-0.15, -0.1) is 0 Å². The molecule has 0 radical (unpaired) electrons. The van der Waals surface area contributed by atoms with Crippen molar-refractivity contribution < 1.29 is 18.0 Å². The number of carbonyl (C=O) groups excluding carboxylic acids is 1. The zero-order chi connectivity index (χ0) is 14.9. The van der Waals surface area contributed by atoms with Gasteiger partial charge in [0.2, 0.25) is 0 Å². The fraction of sp³-hybridized carbons (Fsp3) is 0.462. The largest absolute Gasteiger partial charge is 0.417 e. The predicted octanol–water partition coefficient (Wildman–Crippen LogP) is 4.47. The lowest BCUT2D eigenvalue weighted by Gasteiger charge is -2.30. The van der Waals surface area contributed by atoms with Crippen LogP contribution in [-0.4, -0.2) is 28.7 Å². The van der Waals surface area contributed by atoms with Gasteiger partial charge in [-0.1, -0.05) is 31.9 Å². The number of nitrogens with zero attached hydrogens (tertiary/aromatic N) is 1. The molecule has 0 aromatic heterocycles. The van der Waals surface area contributed by atoms with Crippen molar-refractivity contribution in [1.82, 2.24) is 4.90 Å². The van der Waals surface area contributed by atoms with E-state index in [-0.39, 0.29) is 5.56 Å². The monoisotopic (exact) mass is 413 g/mol. The Labute approximate surface area is 131 Å². The first kappa shape index (κ1) is 15.8. The second-order valence-electron chi connectivity index (χ2n) is 4.65. The van der Waals surface area contributed by atoms with Crippen LogP contribution >= 0.6 is 31.9 Å². The Hall–Kier alpha value is -0.560. The molecule has 7 heteroatoms. The number of piperidine rings is 1. The second-order valence-corrected chi connectivity index (χ2v) is 6.87. The van der Waals surface area contributed by atoms with Gasteiger partial charge in [-0.3, -0.25) is 4.79 Å². The molecule has 1 aromatic carbocycles. The SMILES string of the molecule is O=C(c1ccc(Br)cc1C(F)(F)F)N1CCC(Br)CC1. The molecular formula is C13H12Br2F3NO. The number of hydrogen-bond acceptors (Lipinski definition) is 1. The Balaban J connectivity index is 2.30. The van der Waals surface area contributed by atoms with Crippen molar-refractivity contribution in [1.29, 1.82) is 0 Å². The maximum Gasteiger partial charge on any atom is 0.417 e. The molecule has 1 aliphatic rings. The summed E-state index contributed by atoms with van der Waals surface area (Å²) < 4.78 is 39.4. The van der Waals surface area contributed by atoms with Gasteiger partial charge in [0.1, 0.15) is 0 Å². The van der Waals surface area contributed by atoms with Crippen molar-refractivity contribution in [3.63, 3.8) is 0 Å². The van der Waals surface area contributed by atoms with E-state index in [1.165, 1.54) is 17.0 Å². The fourth-order valence-corrected chi connectivity index (χ4v) is 2.93. The van der Waals surface area contributed by atoms with Crippen molar-refractivity contribution >= 4 is 37.8 Å². The summed E-state index contributed by atoms with van der Waals surface area (Å²) in [5, 5.41) is 0. The lowest BCUT2D eigenvalue weighted by atomic mass is 10.0. The van der Waals surface area contributed by atoms with Gasteiger partial charge in [0.05, 0.1) is 11.1 Å². The van der Waals surface area contributed by atoms with Crippen LogP contribution in [0.3, 0.4) is 0 Å². The molecule has 2 rings (SSSR count). The molecule has 0 unspecified atom stereocenters. The van der Waals surface area contributed by atoms with E-state index in [1.807, 2.05) is 0 Å². The molecule has 0 spiro atoms. The molecule has 0 atom stereocenters. The maximum absolute atomic E-state index is 13.0. The van der Waals surface area contributed by atoms with Crippen LogP contribution in [0.25, 0.3) is 0 Å². The molecule has 1 amide bonds. The van der Waals surface area contributed by atoms with Crippen LogP contribution in [0.4, 0.5) is 13.2 Å². The van der Waals surface area contributed by atoms with Crippen LogP contribution in [0.2, 0.25) is 0 Å². The van der Waals surface area contributed by atoms with Gasteiger partial charge in [0.15, 0.2) is 0 Å². The quantitative estimate of drug-likeness (QED) is 0.621. The highest BCUT2D eigenvalue weighted by Crippen LogP contribution is 2.34. The molecule has 0 aliphatic carbocycles. The third-order valence-electron chi connectivity index (χ3n) is 3.23. The Bertz CT molecular complexity index is 511. The topological polar surface area (TPSA) is 20.3 Å². The number of hydrogen-bond donors (Lipinski definition) is 0. The highest BCUT2D eigenvalue weighted by atomic mass is 79.9. The number of halogens is 5. The fourth-order valence-electron chi connectivity index (χ4n) is 2.16. The highest BCUT2D eigenvalue weighted by molar-refractivity contribution is 9.10. The van der Waals surface area contributed by atoms with Gasteiger partial charge in [-0.05, 0) is 31.0 Å². The summed E-state index contributed by atoms with van der Waals surface area (Å²) >= 11 is 6.46. The Morgan fingerprint density at radius 3 is 2.40 bits per heavy atom. The average molecular weight is 415 g/mol. The number of carbonyl (C=O) groups is 1. The van der Waals surface area contributed by atoms with E-state index in [0.717, 1.165) is 18.9 Å². The van der Waals surface area contributed by atoms with E-state index in [4.69, 9.17) is 0 Å². The van der Waals surface area contributed by atoms with E-state index in [9.17, 15) is 18.0 Å². The van der Waals surface area contributed by atoms with Crippen molar-refractivity contribution in [2.45, 2.75) is 23.8 Å². The summed E-state index contributed by atoms with van der Waals surface area (Å²) in [6.45, 7) is 0.949. The summed E-state index contributed by atoms with van der Waals surface area (Å²) in [4.78, 5) is 14.1. The normalized spacial score (nSPS) is 17.4. The molecule has 0 bridgehead atoms. The predicted molar refractivity (Wildman–Crippen MR) is 77.0 cm³/mol. The summed E-state index contributed by atoms with van der Waals surface area (Å²) in [6.07, 6.45) is -3.03. The standard InChI is InChI=1S/C13H12Br2F3NO/c14-8-3-5-19(6-4-8)12(20)10-2-1-9(15)7-11(10)13(16,17)18/h1-2,7-8H,3-6H2. The number of rotatable bonds is 1. The van der Waals surface area contributed by atoms with E-state index < -0.39 is 17.6 Å². The Morgan fingerprint density at radius 1 is 1.25 bits per heavy atom. The Kier molecular flexibility index (Phi) is 4.79. The van der Waals surface area contributed by atoms with E-state index in [2.05, 4.69) is 31.9 Å². The van der Waals surface area contributed by atoms with Gasteiger partial charge in [0.25, 0.3) is 5.91 Å². The summed E-state index contributed by atoms with van der Waals surface area (Å²) in [5.74, 6) is -0.552. The van der Waals surface area contributed by atoms with Crippen LogP contribution in [0.15, 0.2) is 22.7 Å². The summed E-state index contributed by atoms with van der Waals surface area (Å²) in [7, 11) is 0. The zero-order valence-corrected chi connectivity index (χ0v) is 13.6. The molecule has 1 saturated heterocycles. The molecule has 1 aliphatic heterocycles. The van der Waals surface area contributed by atoms with Gasteiger partial charge < -0.3 is 4.90 Å². The first-order valence-corrected chi connectivity index (χ1v) is 7.80. The average Bonchev–Trinajstić information content (AvgIpc) is 2.38. The zero-order valence-electron chi connectivity index (χ0n) is 10.4. The minimum absolute atomic E-state index is 0.284. The first-order chi connectivity index (χ1) is 9.29. The van der Waals surface area contributed by atoms with Gasteiger partial charge in [-0.25, -0.2) is 0 Å². The molecule has 1 fully saturated rings. The molecule has 110 valence electrons. The molecule has 0 saturated carbocycles. The highest BCUT2D eigenvalue weighted by Gasteiger charge is 2.36.